The van der Waals surface area contributed by atoms with Crippen LogP contribution in [0.2, 0.25) is 0 Å². The molecule has 12 aromatic carbocycles. The van der Waals surface area contributed by atoms with E-state index >= 15 is 65.9 Å². The molecule has 0 spiro atoms. The minimum absolute atomic E-state index is 0.0110. The number of hydrogen-bond donors (Lipinski definition) is 0. The molecular formula is C78H36F15N. The van der Waals surface area contributed by atoms with Crippen molar-refractivity contribution in [2.45, 2.75) is 0 Å². The molecule has 16 heteroatoms. The number of rotatable bonds is 9. The molecule has 458 valence electrons. The summed E-state index contributed by atoms with van der Waals surface area (Å²) in [6.45, 7) is 0. The third kappa shape index (κ3) is 8.82. The molecule has 0 saturated carbocycles. The van der Waals surface area contributed by atoms with Crippen LogP contribution < -0.4 is 20.6 Å². The Hall–Kier alpha value is -11.4. The summed E-state index contributed by atoms with van der Waals surface area (Å²) < 4.78 is 245. The third-order valence-corrected chi connectivity index (χ3v) is 17.2. The van der Waals surface area contributed by atoms with Crippen molar-refractivity contribution in [2.24, 2.45) is 0 Å². The van der Waals surface area contributed by atoms with Crippen LogP contribution in [-0.4, -0.2) is 0 Å². The van der Waals surface area contributed by atoms with Crippen molar-refractivity contribution < 1.29 is 65.9 Å². The number of hydrogen-bond acceptors (Lipinski definition) is 1. The number of benzene rings is 12. The van der Waals surface area contributed by atoms with Crippen LogP contribution in [-0.2, 0) is 0 Å². The first kappa shape index (κ1) is 58.9. The zero-order valence-corrected chi connectivity index (χ0v) is 47.9. The van der Waals surface area contributed by atoms with Gasteiger partial charge in [0.2, 0.25) is 17.5 Å². The first-order valence-corrected chi connectivity index (χ1v) is 28.9. The van der Waals surface area contributed by atoms with E-state index in [9.17, 15) is 0 Å². The largest absolute Gasteiger partial charge is 0.307 e. The maximum absolute atomic E-state index is 17.1. The fourth-order valence-electron chi connectivity index (χ4n) is 13.4. The van der Waals surface area contributed by atoms with Crippen LogP contribution >= 0.6 is 0 Å². The molecule has 0 aliphatic carbocycles. The smallest absolute Gasteiger partial charge is 0.200 e. The van der Waals surface area contributed by atoms with E-state index in [1.165, 1.54) is 0 Å². The van der Waals surface area contributed by atoms with Gasteiger partial charge in [0.05, 0.1) is 33.8 Å². The number of anilines is 3. The topological polar surface area (TPSA) is 3.24 Å². The normalized spacial score (nSPS) is 12.0. The fourth-order valence-corrected chi connectivity index (χ4v) is 13.4. The van der Waals surface area contributed by atoms with Crippen molar-refractivity contribution in [1.29, 1.82) is 0 Å². The van der Waals surface area contributed by atoms with Crippen molar-refractivity contribution in [2.75, 3.05) is 4.90 Å². The van der Waals surface area contributed by atoms with Gasteiger partial charge in [-0.15, -0.1) is 0 Å². The highest BCUT2D eigenvalue weighted by molar-refractivity contribution is 6.25. The van der Waals surface area contributed by atoms with Gasteiger partial charge < -0.3 is 4.90 Å². The summed E-state index contributed by atoms with van der Waals surface area (Å²) >= 11 is 0. The standard InChI is InChI=1S/C78H36F15N/c79-61-55(62(80)68(86)73(91)67(61)85)43-31-46-58(52(37-19-7-1-8-20-37)38-21-9-2-10-22-38)47-32-44(56-63(81)69(87)74(92)70(88)64(56)82)34-49-60(54(41-27-15-5-16-28-41)42-29-17-6-18-30-42)51-36-45(57-65(83)71(89)75(93)72(90)66(57)84)35-50-59(48(33-43)76(46)94(77(47)49)78(50)51)53(39-23-11-3-12-24-39)40-25-13-4-14-26-40/h1-36H. The van der Waals surface area contributed by atoms with Gasteiger partial charge >= 0.3 is 0 Å². The molecule has 12 aromatic rings. The summed E-state index contributed by atoms with van der Waals surface area (Å²) in [7, 11) is 0. The van der Waals surface area contributed by atoms with Crippen molar-refractivity contribution in [3.63, 3.8) is 0 Å². The molecule has 0 aromatic heterocycles. The molecule has 0 saturated heterocycles. The highest BCUT2D eigenvalue weighted by atomic mass is 19.2. The second-order valence-electron chi connectivity index (χ2n) is 22.4. The maximum Gasteiger partial charge on any atom is 0.200 e. The molecule has 0 amide bonds. The van der Waals surface area contributed by atoms with Crippen LogP contribution in [0.4, 0.5) is 82.9 Å². The molecule has 3 heterocycles. The molecule has 0 N–H and O–H groups in total. The molecular weight excluding hydrogens is 1240 g/mol. The van der Waals surface area contributed by atoms with E-state index < -0.39 is 121 Å². The second kappa shape index (κ2) is 22.5. The monoisotopic (exact) mass is 1270 g/mol. The minimum Gasteiger partial charge on any atom is -0.307 e. The summed E-state index contributed by atoms with van der Waals surface area (Å²) in [5.74, 6) is -35.3. The van der Waals surface area contributed by atoms with Crippen molar-refractivity contribution in [3.05, 3.63) is 355 Å². The summed E-state index contributed by atoms with van der Waals surface area (Å²) in [5, 5.41) is -0.759. The lowest BCUT2D eigenvalue weighted by Gasteiger charge is -2.39. The number of halogens is 15. The molecule has 3 aliphatic rings. The lowest BCUT2D eigenvalue weighted by atomic mass is 9.80. The quantitative estimate of drug-likeness (QED) is 0.0791. The Morgan fingerprint density at radius 1 is 0.191 bits per heavy atom. The molecule has 15 rings (SSSR count). The first-order valence-electron chi connectivity index (χ1n) is 28.9. The van der Waals surface area contributed by atoms with Crippen LogP contribution in [0.25, 0.3) is 82.4 Å². The van der Waals surface area contributed by atoms with Crippen LogP contribution in [0.1, 0.15) is 33.4 Å². The molecule has 0 radical (unpaired) electrons. The van der Waals surface area contributed by atoms with Gasteiger partial charge in [0.25, 0.3) is 0 Å². The van der Waals surface area contributed by atoms with Gasteiger partial charge in [-0.1, -0.05) is 182 Å². The van der Waals surface area contributed by atoms with Crippen LogP contribution in [0.3, 0.4) is 0 Å². The predicted molar refractivity (Wildman–Crippen MR) is 332 cm³/mol. The van der Waals surface area contributed by atoms with Gasteiger partial charge in [-0.25, -0.2) is 65.9 Å². The summed E-state index contributed by atoms with van der Waals surface area (Å²) in [4.78, 5) is 1.60. The van der Waals surface area contributed by atoms with Crippen LogP contribution in [0.15, 0.2) is 218 Å². The van der Waals surface area contributed by atoms with E-state index in [0.717, 1.165) is 36.4 Å². The molecule has 0 atom stereocenters. The lowest BCUT2D eigenvalue weighted by Crippen LogP contribution is -2.32. The summed E-state index contributed by atoms with van der Waals surface area (Å²) in [5.41, 5.74) is -3.41. The van der Waals surface area contributed by atoms with E-state index in [1.54, 1.807) is 187 Å². The Morgan fingerprint density at radius 3 is 0.500 bits per heavy atom. The molecule has 3 aliphatic heterocycles. The Bertz CT molecular complexity index is 4820. The van der Waals surface area contributed by atoms with Crippen LogP contribution in [0, 0.1) is 87.3 Å². The average Bonchev–Trinajstić information content (AvgIpc) is 0.668. The van der Waals surface area contributed by atoms with Crippen molar-refractivity contribution >= 4 is 66.1 Å². The van der Waals surface area contributed by atoms with Crippen LogP contribution in [0.5, 0.6) is 0 Å². The van der Waals surface area contributed by atoms with E-state index in [4.69, 9.17) is 0 Å². The van der Waals surface area contributed by atoms with E-state index in [1.807, 2.05) is 0 Å². The maximum atomic E-state index is 17.1. The second-order valence-corrected chi connectivity index (χ2v) is 22.4. The van der Waals surface area contributed by atoms with Gasteiger partial charge in [0.1, 0.15) is 0 Å². The Balaban J connectivity index is 1.40. The van der Waals surface area contributed by atoms with Gasteiger partial charge in [0, 0.05) is 48.0 Å². The number of nitrogens with zero attached hydrogens (tertiary/aromatic N) is 1. The highest BCUT2D eigenvalue weighted by Gasteiger charge is 2.39. The van der Waals surface area contributed by atoms with Crippen molar-refractivity contribution in [3.8, 4) is 33.4 Å². The SMILES string of the molecule is Fc1c(F)c(F)c(-c2cc3c4c(c2)c(=C(c2ccccc2)c2ccccc2)c2cc(-c5c(F)c(F)c(F)c(F)c5F)cc5c2N4c2c(cc(-c4c(F)c(F)c(F)c(F)c4F)cc2c5=C(c2ccccc2)c2ccccc2)c3=C(c2ccccc2)c2ccccc2)c(F)c1F. The van der Waals surface area contributed by atoms with Gasteiger partial charge in [-0.3, -0.25) is 0 Å². The Kier molecular flexibility index (Phi) is 14.1. The fraction of sp³-hybridized carbons (Fsp3) is 0. The Morgan fingerprint density at radius 2 is 0.340 bits per heavy atom. The average molecular weight is 1270 g/mol. The first-order chi connectivity index (χ1) is 45.5. The van der Waals surface area contributed by atoms with Gasteiger partial charge in [-0.05, 0) is 103 Å². The predicted octanol–water partition coefficient (Wildman–Crippen LogP) is 19.9. The molecule has 0 unspecified atom stereocenters. The highest BCUT2D eigenvalue weighted by Crippen LogP contribution is 2.55. The molecule has 0 bridgehead atoms. The summed E-state index contributed by atoms with van der Waals surface area (Å²) in [6, 6.07) is 57.2. The zero-order chi connectivity index (χ0) is 65.3. The minimum atomic E-state index is -2.50. The third-order valence-electron chi connectivity index (χ3n) is 17.2. The van der Waals surface area contributed by atoms with E-state index in [2.05, 4.69) is 0 Å². The molecule has 0 fully saturated rings. The van der Waals surface area contributed by atoms with Gasteiger partial charge in [0.15, 0.2) is 69.8 Å². The lowest BCUT2D eigenvalue weighted by molar-refractivity contribution is 0.381. The molecule has 94 heavy (non-hydrogen) atoms. The van der Waals surface area contributed by atoms with Gasteiger partial charge in [-0.2, -0.15) is 0 Å². The molecule has 1 nitrogen and oxygen atoms in total. The van der Waals surface area contributed by atoms with E-state index in [0.29, 0.717) is 33.4 Å². The summed E-state index contributed by atoms with van der Waals surface area (Å²) in [6.07, 6.45) is 0. The zero-order valence-electron chi connectivity index (χ0n) is 47.9. The van der Waals surface area contributed by atoms with E-state index in [-0.39, 0.29) is 81.8 Å². The van der Waals surface area contributed by atoms with Crippen molar-refractivity contribution in [1.82, 2.24) is 0 Å². The Labute approximate surface area is 522 Å².